The van der Waals surface area contributed by atoms with Crippen LogP contribution < -0.4 is 0 Å². The highest BCUT2D eigenvalue weighted by Crippen LogP contribution is 2.30. The lowest BCUT2D eigenvalue weighted by atomic mass is 10.0. The Labute approximate surface area is 112 Å². The summed E-state index contributed by atoms with van der Waals surface area (Å²) in [4.78, 5) is 10.8. The van der Waals surface area contributed by atoms with E-state index in [4.69, 9.17) is 5.11 Å². The van der Waals surface area contributed by atoms with Gasteiger partial charge in [0, 0.05) is 12.6 Å². The lowest BCUT2D eigenvalue weighted by Gasteiger charge is -2.09. The third-order valence-electron chi connectivity index (χ3n) is 2.95. The fourth-order valence-corrected chi connectivity index (χ4v) is 2.02. The number of aromatic nitrogens is 2. The average Bonchev–Trinajstić information content (AvgIpc) is 2.69. The number of aryl methyl sites for hydroxylation is 2. The molecule has 20 heavy (non-hydrogen) atoms. The minimum absolute atomic E-state index is 0.105. The van der Waals surface area contributed by atoms with Crippen molar-refractivity contribution >= 4 is 5.97 Å². The molecule has 2 rings (SSSR count). The molecule has 0 saturated heterocycles. The molecule has 1 heterocycles. The Hall–Kier alpha value is -2.31. The van der Waals surface area contributed by atoms with Gasteiger partial charge in [0.05, 0.1) is 11.3 Å². The number of nitrogens with zero attached hydrogens (tertiary/aromatic N) is 2. The molecule has 0 unspecified atom stereocenters. The lowest BCUT2D eigenvalue weighted by Crippen LogP contribution is -2.00. The summed E-state index contributed by atoms with van der Waals surface area (Å²) in [6, 6.07) is 3.60. The Bertz CT molecular complexity index is 657. The molecule has 0 aliphatic rings. The second-order valence-electron chi connectivity index (χ2n) is 4.33. The number of carboxylic acid groups (broad SMARTS) is 1. The van der Waals surface area contributed by atoms with E-state index < -0.39 is 23.8 Å². The van der Waals surface area contributed by atoms with E-state index in [1.807, 2.05) is 0 Å². The summed E-state index contributed by atoms with van der Waals surface area (Å²) in [6.07, 6.45) is -2.90. The topological polar surface area (TPSA) is 55.1 Å². The van der Waals surface area contributed by atoms with E-state index in [1.165, 1.54) is 30.8 Å². The molecule has 0 radical (unpaired) electrons. The molecule has 4 nitrogen and oxygen atoms in total. The third-order valence-corrected chi connectivity index (χ3v) is 2.95. The van der Waals surface area contributed by atoms with Gasteiger partial charge in [-0.05, 0) is 30.7 Å². The monoisotopic (exact) mass is 284 g/mol. The highest BCUT2D eigenvalue weighted by Gasteiger charge is 2.19. The second kappa shape index (κ2) is 4.99. The average molecular weight is 284 g/mol. The first-order valence-electron chi connectivity index (χ1n) is 5.67. The van der Waals surface area contributed by atoms with Crippen LogP contribution in [0.4, 0.5) is 13.2 Å². The summed E-state index contributed by atoms with van der Waals surface area (Å²) in [6.45, 7) is 1.38. The maximum atomic E-state index is 13.7. The quantitative estimate of drug-likeness (QED) is 0.941. The fourth-order valence-electron chi connectivity index (χ4n) is 2.02. The van der Waals surface area contributed by atoms with Gasteiger partial charge in [0.2, 0.25) is 0 Å². The van der Waals surface area contributed by atoms with Crippen LogP contribution in [0.15, 0.2) is 18.2 Å². The molecule has 0 atom stereocenters. The number of hydrogen-bond donors (Lipinski definition) is 1. The SMILES string of the molecule is Cc1cc(-c2cc(C(=O)O)nn2C)cc(F)c1C(F)F. The number of rotatable bonds is 3. The number of carboxylic acids is 1. The zero-order chi connectivity index (χ0) is 15.0. The molecule has 0 aliphatic heterocycles. The fraction of sp³-hybridized carbons (Fsp3) is 0.231. The first kappa shape index (κ1) is 14.1. The summed E-state index contributed by atoms with van der Waals surface area (Å²) < 4.78 is 40.3. The summed E-state index contributed by atoms with van der Waals surface area (Å²) in [5, 5.41) is 12.6. The van der Waals surface area contributed by atoms with Gasteiger partial charge < -0.3 is 5.11 Å². The maximum absolute atomic E-state index is 13.7. The molecule has 106 valence electrons. The molecular weight excluding hydrogens is 273 g/mol. The van der Waals surface area contributed by atoms with E-state index in [0.717, 1.165) is 6.07 Å². The molecule has 0 saturated carbocycles. The Morgan fingerprint density at radius 3 is 2.45 bits per heavy atom. The lowest BCUT2D eigenvalue weighted by molar-refractivity contribution is 0.0689. The maximum Gasteiger partial charge on any atom is 0.356 e. The smallest absolute Gasteiger partial charge is 0.356 e. The number of carbonyl (C=O) groups is 1. The first-order valence-corrected chi connectivity index (χ1v) is 5.67. The van der Waals surface area contributed by atoms with Crippen LogP contribution >= 0.6 is 0 Å². The van der Waals surface area contributed by atoms with E-state index >= 15 is 0 Å². The van der Waals surface area contributed by atoms with Crippen LogP contribution in [0.5, 0.6) is 0 Å². The summed E-state index contributed by atoms with van der Waals surface area (Å²) in [5.41, 5.74) is -0.0990. The molecule has 0 amide bonds. The van der Waals surface area contributed by atoms with Gasteiger partial charge in [-0.1, -0.05) is 0 Å². The molecule has 1 aromatic carbocycles. The second-order valence-corrected chi connectivity index (χ2v) is 4.33. The summed E-state index contributed by atoms with van der Waals surface area (Å²) in [5.74, 6) is -2.23. The molecular formula is C13H11F3N2O2. The Kier molecular flexibility index (Phi) is 3.52. The van der Waals surface area contributed by atoms with E-state index in [0.29, 0.717) is 11.3 Å². The van der Waals surface area contributed by atoms with Crippen molar-refractivity contribution in [1.29, 1.82) is 0 Å². The van der Waals surface area contributed by atoms with Gasteiger partial charge in [-0.3, -0.25) is 4.68 Å². The van der Waals surface area contributed by atoms with Crippen LogP contribution in [0, 0.1) is 12.7 Å². The molecule has 1 N–H and O–H groups in total. The summed E-state index contributed by atoms with van der Waals surface area (Å²) >= 11 is 0. The molecule has 2 aromatic rings. The highest BCUT2D eigenvalue weighted by atomic mass is 19.3. The Balaban J connectivity index is 2.57. The Morgan fingerprint density at radius 1 is 1.35 bits per heavy atom. The largest absolute Gasteiger partial charge is 0.476 e. The van der Waals surface area contributed by atoms with Crippen LogP contribution in [-0.4, -0.2) is 20.9 Å². The normalized spacial score (nSPS) is 11.1. The third kappa shape index (κ3) is 2.38. The Morgan fingerprint density at radius 2 is 2.00 bits per heavy atom. The van der Waals surface area contributed by atoms with Crippen molar-refractivity contribution in [1.82, 2.24) is 9.78 Å². The zero-order valence-corrected chi connectivity index (χ0v) is 10.7. The van der Waals surface area contributed by atoms with Crippen LogP contribution in [0.3, 0.4) is 0 Å². The number of benzene rings is 1. The van der Waals surface area contributed by atoms with Gasteiger partial charge in [0.25, 0.3) is 6.43 Å². The van der Waals surface area contributed by atoms with Crippen LogP contribution in [0.25, 0.3) is 11.3 Å². The number of aromatic carboxylic acids is 1. The van der Waals surface area contributed by atoms with Gasteiger partial charge in [-0.25, -0.2) is 18.0 Å². The van der Waals surface area contributed by atoms with Crippen molar-refractivity contribution in [2.45, 2.75) is 13.3 Å². The molecule has 0 aliphatic carbocycles. The van der Waals surface area contributed by atoms with E-state index in [9.17, 15) is 18.0 Å². The number of alkyl halides is 2. The minimum Gasteiger partial charge on any atom is -0.476 e. The van der Waals surface area contributed by atoms with Crippen molar-refractivity contribution < 1.29 is 23.1 Å². The van der Waals surface area contributed by atoms with Crippen molar-refractivity contribution in [2.24, 2.45) is 7.05 Å². The van der Waals surface area contributed by atoms with Gasteiger partial charge in [-0.15, -0.1) is 0 Å². The van der Waals surface area contributed by atoms with E-state index in [1.54, 1.807) is 0 Å². The van der Waals surface area contributed by atoms with Crippen LogP contribution in [-0.2, 0) is 7.05 Å². The predicted octanol–water partition coefficient (Wildman–Crippen LogP) is 3.17. The first-order chi connectivity index (χ1) is 9.31. The van der Waals surface area contributed by atoms with E-state index in [-0.39, 0.29) is 11.3 Å². The van der Waals surface area contributed by atoms with Crippen LogP contribution in [0.1, 0.15) is 28.0 Å². The van der Waals surface area contributed by atoms with E-state index in [2.05, 4.69) is 5.10 Å². The van der Waals surface area contributed by atoms with Gasteiger partial charge >= 0.3 is 5.97 Å². The molecule has 1 aromatic heterocycles. The molecule has 0 spiro atoms. The van der Waals surface area contributed by atoms with Gasteiger partial charge in [0.1, 0.15) is 5.82 Å². The summed E-state index contributed by atoms with van der Waals surface area (Å²) in [7, 11) is 1.50. The standard InChI is InChI=1S/C13H11F3N2O2/c1-6-3-7(4-8(14)11(6)12(15)16)10-5-9(13(19)20)17-18(10)2/h3-5,12H,1-2H3,(H,19,20). The van der Waals surface area contributed by atoms with Gasteiger partial charge in [0.15, 0.2) is 5.69 Å². The van der Waals surface area contributed by atoms with Crippen molar-refractivity contribution in [3.8, 4) is 11.3 Å². The van der Waals surface area contributed by atoms with Crippen molar-refractivity contribution in [2.75, 3.05) is 0 Å². The highest BCUT2D eigenvalue weighted by molar-refractivity contribution is 5.87. The predicted molar refractivity (Wildman–Crippen MR) is 65.3 cm³/mol. The van der Waals surface area contributed by atoms with Crippen molar-refractivity contribution in [3.63, 3.8) is 0 Å². The molecule has 0 fully saturated rings. The number of halogens is 3. The van der Waals surface area contributed by atoms with Crippen LogP contribution in [0.2, 0.25) is 0 Å². The number of hydrogen-bond acceptors (Lipinski definition) is 2. The zero-order valence-electron chi connectivity index (χ0n) is 10.7. The minimum atomic E-state index is -2.90. The van der Waals surface area contributed by atoms with Gasteiger partial charge in [-0.2, -0.15) is 5.10 Å². The molecule has 0 bridgehead atoms. The molecule has 7 heteroatoms. The van der Waals surface area contributed by atoms with Crippen molar-refractivity contribution in [3.05, 3.63) is 40.8 Å².